The number of anilines is 1. The van der Waals surface area contributed by atoms with Crippen LogP contribution in [0.4, 0.5) is 10.2 Å². The topological polar surface area (TPSA) is 79.4 Å². The molecule has 6 nitrogen and oxygen atoms in total. The fourth-order valence-electron chi connectivity index (χ4n) is 1.43. The number of nitrogens with zero attached hydrogens (tertiary/aromatic N) is 4. The maximum atomic E-state index is 13.1. The van der Waals surface area contributed by atoms with Crippen LogP contribution in [0.2, 0.25) is 0 Å². The standard InChI is InChI=1S/C9H7FN6S/c10-9-15-7(6-8(16-9)14-4-13-6)12-3-5-11-1-2-17-5/h1-2,4H,3H2,(H2,12,13,14,15,16). The molecule has 0 fully saturated rings. The quantitative estimate of drug-likeness (QED) is 0.689. The molecular formula is C9H7FN6S. The lowest BCUT2D eigenvalue weighted by Gasteiger charge is -2.03. The van der Waals surface area contributed by atoms with Gasteiger partial charge in [0.05, 0.1) is 12.9 Å². The van der Waals surface area contributed by atoms with Crippen molar-refractivity contribution in [1.29, 1.82) is 0 Å². The molecule has 0 saturated heterocycles. The third-order valence-corrected chi connectivity index (χ3v) is 2.92. The number of aromatic nitrogens is 5. The zero-order valence-corrected chi connectivity index (χ0v) is 9.33. The van der Waals surface area contributed by atoms with Gasteiger partial charge in [-0.3, -0.25) is 0 Å². The van der Waals surface area contributed by atoms with E-state index in [2.05, 4.69) is 30.2 Å². The van der Waals surface area contributed by atoms with Crippen LogP contribution < -0.4 is 5.32 Å². The van der Waals surface area contributed by atoms with Crippen molar-refractivity contribution in [2.75, 3.05) is 5.32 Å². The first-order valence-corrected chi connectivity index (χ1v) is 5.70. The molecule has 0 aromatic carbocycles. The van der Waals surface area contributed by atoms with Crippen LogP contribution in [0.5, 0.6) is 0 Å². The first-order valence-electron chi connectivity index (χ1n) is 4.82. The van der Waals surface area contributed by atoms with Gasteiger partial charge < -0.3 is 10.3 Å². The SMILES string of the molecule is Fc1nc(NCc2nccs2)c2nc[nH]c2n1. The van der Waals surface area contributed by atoms with Crippen molar-refractivity contribution in [2.24, 2.45) is 0 Å². The number of H-pyrrole nitrogens is 1. The van der Waals surface area contributed by atoms with Gasteiger partial charge in [-0.05, 0) is 0 Å². The molecular weight excluding hydrogens is 243 g/mol. The van der Waals surface area contributed by atoms with E-state index in [1.807, 2.05) is 5.38 Å². The van der Waals surface area contributed by atoms with Gasteiger partial charge in [0.25, 0.3) is 0 Å². The minimum Gasteiger partial charge on any atom is -0.362 e. The van der Waals surface area contributed by atoms with E-state index in [4.69, 9.17) is 0 Å². The molecule has 3 rings (SSSR count). The second-order valence-electron chi connectivity index (χ2n) is 3.22. The summed E-state index contributed by atoms with van der Waals surface area (Å²) in [6, 6.07) is 0. The summed E-state index contributed by atoms with van der Waals surface area (Å²) in [5.74, 6) is 0.365. The Kier molecular flexibility index (Phi) is 2.41. The summed E-state index contributed by atoms with van der Waals surface area (Å²) in [6.07, 6.45) is 2.38. The van der Waals surface area contributed by atoms with E-state index in [1.165, 1.54) is 17.7 Å². The van der Waals surface area contributed by atoms with Gasteiger partial charge in [0.1, 0.15) is 10.5 Å². The van der Waals surface area contributed by atoms with Gasteiger partial charge in [-0.1, -0.05) is 0 Å². The van der Waals surface area contributed by atoms with E-state index in [0.717, 1.165) is 5.01 Å². The number of rotatable bonds is 3. The summed E-state index contributed by atoms with van der Waals surface area (Å²) in [5, 5.41) is 5.76. The van der Waals surface area contributed by atoms with Crippen molar-refractivity contribution >= 4 is 28.3 Å². The Morgan fingerprint density at radius 1 is 1.35 bits per heavy atom. The van der Waals surface area contributed by atoms with Crippen LogP contribution >= 0.6 is 11.3 Å². The van der Waals surface area contributed by atoms with Crippen molar-refractivity contribution in [1.82, 2.24) is 24.9 Å². The van der Waals surface area contributed by atoms with Crippen LogP contribution in [0.25, 0.3) is 11.2 Å². The average Bonchev–Trinajstić information content (AvgIpc) is 2.95. The summed E-state index contributed by atoms with van der Waals surface area (Å²) in [4.78, 5) is 18.2. The molecule has 0 aliphatic rings. The number of thiazole rings is 1. The number of nitrogens with one attached hydrogen (secondary N) is 2. The normalized spacial score (nSPS) is 10.9. The van der Waals surface area contributed by atoms with Gasteiger partial charge in [-0.2, -0.15) is 14.4 Å². The number of halogens is 1. The smallest absolute Gasteiger partial charge is 0.312 e. The van der Waals surface area contributed by atoms with E-state index in [1.54, 1.807) is 6.20 Å². The summed E-state index contributed by atoms with van der Waals surface area (Å²) in [7, 11) is 0. The lowest BCUT2D eigenvalue weighted by molar-refractivity contribution is 0.545. The van der Waals surface area contributed by atoms with Gasteiger partial charge in [0.2, 0.25) is 0 Å². The Hall–Kier alpha value is -2.09. The molecule has 0 atom stereocenters. The Balaban J connectivity index is 1.91. The number of aromatic amines is 1. The van der Waals surface area contributed by atoms with Gasteiger partial charge in [-0.25, -0.2) is 9.97 Å². The van der Waals surface area contributed by atoms with E-state index >= 15 is 0 Å². The van der Waals surface area contributed by atoms with Crippen molar-refractivity contribution < 1.29 is 4.39 Å². The fraction of sp³-hybridized carbons (Fsp3) is 0.111. The van der Waals surface area contributed by atoms with E-state index in [0.29, 0.717) is 23.5 Å². The molecule has 0 aliphatic carbocycles. The van der Waals surface area contributed by atoms with Crippen LogP contribution in [0.15, 0.2) is 17.9 Å². The molecule has 3 heterocycles. The van der Waals surface area contributed by atoms with Crippen LogP contribution in [0.1, 0.15) is 5.01 Å². The van der Waals surface area contributed by atoms with Crippen LogP contribution in [-0.4, -0.2) is 24.9 Å². The van der Waals surface area contributed by atoms with Gasteiger partial charge in [-0.15, -0.1) is 11.3 Å². The Labute approximate surface area is 99.0 Å². The fourth-order valence-corrected chi connectivity index (χ4v) is 1.99. The molecule has 0 amide bonds. The van der Waals surface area contributed by atoms with Crippen molar-refractivity contribution in [3.05, 3.63) is 29.0 Å². The molecule has 2 N–H and O–H groups in total. The zero-order chi connectivity index (χ0) is 11.7. The molecule has 86 valence electrons. The Bertz CT molecular complexity index is 634. The van der Waals surface area contributed by atoms with E-state index in [9.17, 15) is 4.39 Å². The second kappa shape index (κ2) is 4.06. The van der Waals surface area contributed by atoms with Gasteiger partial charge in [0, 0.05) is 11.6 Å². The molecule has 17 heavy (non-hydrogen) atoms. The minimum atomic E-state index is -0.789. The number of hydrogen-bond acceptors (Lipinski definition) is 6. The van der Waals surface area contributed by atoms with Gasteiger partial charge >= 0.3 is 6.08 Å². The van der Waals surface area contributed by atoms with Gasteiger partial charge in [0.15, 0.2) is 11.5 Å². The molecule has 0 unspecified atom stereocenters. The maximum Gasteiger partial charge on any atom is 0.312 e. The second-order valence-corrected chi connectivity index (χ2v) is 4.20. The Morgan fingerprint density at radius 2 is 2.29 bits per heavy atom. The molecule has 8 heteroatoms. The summed E-state index contributed by atoms with van der Waals surface area (Å²) in [6.45, 7) is 0.482. The number of hydrogen-bond donors (Lipinski definition) is 2. The molecule has 0 spiro atoms. The predicted octanol–water partition coefficient (Wildman–Crippen LogP) is 1.56. The summed E-state index contributed by atoms with van der Waals surface area (Å²) >= 11 is 1.51. The molecule has 3 aromatic heterocycles. The minimum absolute atomic E-state index is 0.365. The van der Waals surface area contributed by atoms with Crippen molar-refractivity contribution in [3.63, 3.8) is 0 Å². The Morgan fingerprint density at radius 3 is 3.12 bits per heavy atom. The highest BCUT2D eigenvalue weighted by molar-refractivity contribution is 7.09. The van der Waals surface area contributed by atoms with Crippen molar-refractivity contribution in [2.45, 2.75) is 6.54 Å². The molecule has 0 bridgehead atoms. The van der Waals surface area contributed by atoms with Crippen molar-refractivity contribution in [3.8, 4) is 0 Å². The highest BCUT2D eigenvalue weighted by Crippen LogP contribution is 2.17. The summed E-state index contributed by atoms with van der Waals surface area (Å²) < 4.78 is 13.1. The predicted molar refractivity (Wildman–Crippen MR) is 61.1 cm³/mol. The van der Waals surface area contributed by atoms with E-state index in [-0.39, 0.29) is 0 Å². The number of imidazole rings is 1. The highest BCUT2D eigenvalue weighted by Gasteiger charge is 2.09. The third kappa shape index (κ3) is 1.94. The molecule has 0 saturated carbocycles. The lowest BCUT2D eigenvalue weighted by atomic mass is 10.5. The van der Waals surface area contributed by atoms with Crippen LogP contribution in [0.3, 0.4) is 0 Å². The van der Waals surface area contributed by atoms with E-state index < -0.39 is 6.08 Å². The first-order chi connectivity index (χ1) is 8.33. The highest BCUT2D eigenvalue weighted by atomic mass is 32.1. The maximum absolute atomic E-state index is 13.1. The molecule has 3 aromatic rings. The van der Waals surface area contributed by atoms with Crippen LogP contribution in [-0.2, 0) is 6.54 Å². The number of fused-ring (bicyclic) bond motifs is 1. The molecule has 0 radical (unpaired) electrons. The lowest BCUT2D eigenvalue weighted by Crippen LogP contribution is -2.04. The zero-order valence-electron chi connectivity index (χ0n) is 8.51. The van der Waals surface area contributed by atoms with Crippen LogP contribution in [0, 0.1) is 6.08 Å². The molecule has 0 aliphatic heterocycles. The summed E-state index contributed by atoms with van der Waals surface area (Å²) in [5.41, 5.74) is 0.891. The largest absolute Gasteiger partial charge is 0.362 e. The first kappa shape index (κ1) is 10.1. The third-order valence-electron chi connectivity index (χ3n) is 2.14. The monoisotopic (exact) mass is 250 g/mol. The average molecular weight is 250 g/mol.